The summed E-state index contributed by atoms with van der Waals surface area (Å²) in [5.74, 6) is 0. The zero-order chi connectivity index (χ0) is 33.2. The standard InChI is InChI=1S/2C21H17.2CH3.2ClH.Sn.Zr/c2*1-2-15-13-17-9-6-12-20(21(17)14-15)19-11-5-8-16-7-3-4-10-18(16)19;;;;;;/h2*3-14H,2H2,1H3;2*1H3;2*1H;;/q;;;;;;;+2/p-2. The minimum atomic E-state index is -4.79. The first kappa shape index (κ1) is 32.8. The van der Waals surface area contributed by atoms with Gasteiger partial charge in [-0.1, -0.05) is 0 Å². The van der Waals surface area contributed by atoms with E-state index in [4.69, 9.17) is 17.0 Å². The van der Waals surface area contributed by atoms with Gasteiger partial charge in [0.15, 0.2) is 0 Å². The summed E-state index contributed by atoms with van der Waals surface area (Å²) in [5, 5.41) is 5.10. The fourth-order valence-electron chi connectivity index (χ4n) is 8.93. The number of benzene rings is 6. The van der Waals surface area contributed by atoms with Crippen LogP contribution in [-0.4, -0.2) is 14.6 Å². The Morgan fingerprint density at radius 1 is 0.500 bits per heavy atom. The van der Waals surface area contributed by atoms with E-state index in [0.29, 0.717) is 0 Å². The molecule has 0 N–H and O–H groups in total. The van der Waals surface area contributed by atoms with E-state index in [1.807, 2.05) is 0 Å². The third kappa shape index (κ3) is 4.85. The van der Waals surface area contributed by atoms with Gasteiger partial charge in [-0.15, -0.1) is 0 Å². The van der Waals surface area contributed by atoms with E-state index in [1.54, 1.807) is 0 Å². The van der Waals surface area contributed by atoms with Crippen LogP contribution in [-0.2, 0) is 11.6 Å². The first-order chi connectivity index (χ1) is 23.3. The van der Waals surface area contributed by atoms with Crippen LogP contribution in [0.4, 0.5) is 0 Å². The Morgan fingerprint density at radius 2 is 0.875 bits per heavy atom. The number of hydrogen-bond acceptors (Lipinski definition) is 0. The number of halogens is 2. The van der Waals surface area contributed by atoms with Crippen LogP contribution in [0.5, 0.6) is 0 Å². The topological polar surface area (TPSA) is 0 Å². The van der Waals surface area contributed by atoms with Crippen molar-refractivity contribution in [3.63, 3.8) is 0 Å². The van der Waals surface area contributed by atoms with Crippen molar-refractivity contribution in [2.75, 3.05) is 0 Å². The van der Waals surface area contributed by atoms with Crippen LogP contribution in [0, 0.1) is 0 Å². The zero-order valence-electron chi connectivity index (χ0n) is 28.0. The van der Waals surface area contributed by atoms with E-state index in [-0.39, 0.29) is 7.25 Å². The second kappa shape index (κ2) is 12.4. The predicted molar refractivity (Wildman–Crippen MR) is 210 cm³/mol. The third-order valence-corrected chi connectivity index (χ3v) is 102. The molecule has 0 bridgehead atoms. The summed E-state index contributed by atoms with van der Waals surface area (Å²) in [5.41, 5.74) is 13.4. The van der Waals surface area contributed by atoms with Crippen molar-refractivity contribution in [1.29, 1.82) is 0 Å². The summed E-state index contributed by atoms with van der Waals surface area (Å²) in [6, 6.07) is 44.6. The molecule has 8 rings (SSSR count). The van der Waals surface area contributed by atoms with Crippen LogP contribution < -0.4 is 0 Å². The van der Waals surface area contributed by atoms with E-state index in [1.165, 1.54) is 77.2 Å². The Hall–Kier alpha value is -2.42. The van der Waals surface area contributed by atoms with Gasteiger partial charge >= 0.3 is 298 Å². The number of rotatable bonds is 6. The Morgan fingerprint density at radius 3 is 1.29 bits per heavy atom. The van der Waals surface area contributed by atoms with Crippen molar-refractivity contribution in [2.24, 2.45) is 0 Å². The molecule has 0 spiro atoms. The van der Waals surface area contributed by atoms with Gasteiger partial charge in [0.25, 0.3) is 0 Å². The van der Waals surface area contributed by atoms with Gasteiger partial charge in [0.05, 0.1) is 0 Å². The molecule has 0 saturated carbocycles. The monoisotopic (exact) mass is 848 g/mol. The minimum absolute atomic E-state index is 0.112. The Bertz CT molecular complexity index is 2250. The van der Waals surface area contributed by atoms with Gasteiger partial charge in [-0.2, -0.15) is 0 Å². The molecule has 0 fully saturated rings. The molecule has 0 radical (unpaired) electrons. The SMILES string of the molecule is CCC1=Cc2c(-c3cccc4ccccc34)cccc2[CH]1[Zr]([Cl])([Cl])([CH]1C(CC)=Cc2c(-c3cccc4ccccc34)cccc21)=[Sn]([CH3])[CH3]. The molecule has 0 aromatic heterocycles. The molecule has 0 amide bonds. The van der Waals surface area contributed by atoms with Gasteiger partial charge in [0.1, 0.15) is 0 Å². The van der Waals surface area contributed by atoms with Crippen molar-refractivity contribution >= 4 is 65.3 Å². The predicted octanol–water partition coefficient (Wildman–Crippen LogP) is 14.0. The normalized spacial score (nSPS) is 17.3. The van der Waals surface area contributed by atoms with Crippen LogP contribution in [0.1, 0.15) is 56.2 Å². The third-order valence-electron chi connectivity index (χ3n) is 11.3. The van der Waals surface area contributed by atoms with E-state index in [9.17, 15) is 0 Å². The first-order valence-corrected chi connectivity index (χ1v) is 41.8. The average Bonchev–Trinajstić information content (AvgIpc) is 3.71. The molecule has 2 aliphatic rings. The zero-order valence-corrected chi connectivity index (χ0v) is 34.9. The first-order valence-electron chi connectivity index (χ1n) is 17.3. The summed E-state index contributed by atoms with van der Waals surface area (Å²) in [6.07, 6.45) is 6.88. The molecule has 48 heavy (non-hydrogen) atoms. The van der Waals surface area contributed by atoms with Gasteiger partial charge < -0.3 is 0 Å². The van der Waals surface area contributed by atoms with E-state index in [0.717, 1.165) is 12.8 Å². The molecular weight excluding hydrogens is 809 g/mol. The van der Waals surface area contributed by atoms with E-state index in [2.05, 4.69) is 157 Å². The van der Waals surface area contributed by atoms with Crippen molar-refractivity contribution in [3.05, 3.63) is 155 Å². The second-order valence-corrected chi connectivity index (χ2v) is 84.2. The molecule has 6 aromatic rings. The van der Waals surface area contributed by atoms with Crippen molar-refractivity contribution in [2.45, 2.75) is 43.8 Å². The van der Waals surface area contributed by atoms with E-state index >= 15 is 0 Å². The fraction of sp³-hybridized carbons (Fsp3) is 0.182. The summed E-state index contributed by atoms with van der Waals surface area (Å²) >= 11 is -7.18. The Balaban J connectivity index is 1.36. The van der Waals surface area contributed by atoms with E-state index < -0.39 is 26.1 Å². The molecule has 0 heterocycles. The van der Waals surface area contributed by atoms with Gasteiger partial charge in [0.2, 0.25) is 0 Å². The van der Waals surface area contributed by atoms with Gasteiger partial charge in [-0.25, -0.2) is 0 Å². The van der Waals surface area contributed by atoms with Crippen molar-refractivity contribution in [1.82, 2.24) is 0 Å². The molecular formula is C44H40Cl2SnZr. The maximum atomic E-state index is 8.71. The number of allylic oxidation sites excluding steroid dienone is 2. The summed E-state index contributed by atoms with van der Waals surface area (Å²) in [4.78, 5) is 5.01. The van der Waals surface area contributed by atoms with Crippen LogP contribution in [0.3, 0.4) is 0 Å². The van der Waals surface area contributed by atoms with Crippen LogP contribution in [0.25, 0.3) is 56.0 Å². The molecule has 2 atom stereocenters. The average molecular weight is 850 g/mol. The second-order valence-electron chi connectivity index (χ2n) is 13.8. The van der Waals surface area contributed by atoms with Gasteiger partial charge in [-0.05, 0) is 0 Å². The molecule has 2 unspecified atom stereocenters. The molecule has 2 aliphatic carbocycles. The van der Waals surface area contributed by atoms with Crippen LogP contribution >= 0.6 is 17.0 Å². The molecule has 4 heteroatoms. The van der Waals surface area contributed by atoms with Crippen molar-refractivity contribution < 1.29 is 11.6 Å². The number of hydrogen-bond donors (Lipinski definition) is 0. The Kier molecular flexibility index (Phi) is 8.48. The molecule has 238 valence electrons. The fourth-order valence-corrected chi connectivity index (χ4v) is 58.5. The molecule has 0 aliphatic heterocycles. The summed E-state index contributed by atoms with van der Waals surface area (Å²) in [7, 11) is 17.4. The quantitative estimate of drug-likeness (QED) is 0.147. The van der Waals surface area contributed by atoms with Crippen LogP contribution in [0.2, 0.25) is 9.88 Å². The van der Waals surface area contributed by atoms with Crippen molar-refractivity contribution in [3.8, 4) is 22.3 Å². The summed E-state index contributed by atoms with van der Waals surface area (Å²) in [6.45, 7) is 4.61. The van der Waals surface area contributed by atoms with Gasteiger partial charge in [-0.3, -0.25) is 0 Å². The molecule has 0 saturated heterocycles. The molecule has 0 nitrogen and oxygen atoms in total. The molecule has 6 aromatic carbocycles. The van der Waals surface area contributed by atoms with Crippen LogP contribution in [0.15, 0.2) is 132 Å². The maximum absolute atomic E-state index is 8.71. The van der Waals surface area contributed by atoms with Gasteiger partial charge in [0, 0.05) is 0 Å². The Labute approximate surface area is 294 Å². The summed E-state index contributed by atoms with van der Waals surface area (Å²) < 4.78 is 0.224. The number of fused-ring (bicyclic) bond motifs is 4.